The van der Waals surface area contributed by atoms with Gasteiger partial charge in [0.25, 0.3) is 0 Å². The Bertz CT molecular complexity index is 782. The van der Waals surface area contributed by atoms with Crippen molar-refractivity contribution in [3.05, 3.63) is 36.7 Å². The minimum Gasteiger partial charge on any atom is -0.494 e. The van der Waals surface area contributed by atoms with Crippen LogP contribution in [0.3, 0.4) is 0 Å². The molecule has 1 saturated heterocycles. The summed E-state index contributed by atoms with van der Waals surface area (Å²) in [5.74, 6) is 0.632. The normalized spacial score (nSPS) is 18.5. The van der Waals surface area contributed by atoms with Crippen molar-refractivity contribution in [2.45, 2.75) is 17.4 Å². The molecular formula is C15H20N4O3S. The first-order valence-corrected chi connectivity index (χ1v) is 8.85. The van der Waals surface area contributed by atoms with Crippen LogP contribution in [0.1, 0.15) is 6.42 Å². The molecule has 1 aromatic heterocycles. The van der Waals surface area contributed by atoms with Gasteiger partial charge in [-0.1, -0.05) is 12.1 Å². The lowest BCUT2D eigenvalue weighted by atomic mass is 10.3. The van der Waals surface area contributed by atoms with Crippen LogP contribution in [0.25, 0.3) is 5.69 Å². The van der Waals surface area contributed by atoms with E-state index in [-0.39, 0.29) is 10.9 Å². The molecule has 124 valence electrons. The lowest BCUT2D eigenvalue weighted by Gasteiger charge is -2.22. The Kier molecular flexibility index (Phi) is 4.38. The molecule has 1 aliphatic rings. The average molecular weight is 336 g/mol. The Balaban J connectivity index is 1.92. The molecule has 0 radical (unpaired) electrons. The van der Waals surface area contributed by atoms with E-state index in [2.05, 4.69) is 10.4 Å². The maximum Gasteiger partial charge on any atom is 0.246 e. The second-order valence-electron chi connectivity index (χ2n) is 5.46. The molecule has 1 N–H and O–H groups in total. The summed E-state index contributed by atoms with van der Waals surface area (Å²) >= 11 is 0. The van der Waals surface area contributed by atoms with Gasteiger partial charge in [0, 0.05) is 19.6 Å². The van der Waals surface area contributed by atoms with E-state index in [1.807, 2.05) is 24.3 Å². The second-order valence-corrected chi connectivity index (χ2v) is 7.46. The maximum absolute atomic E-state index is 12.7. The molecular weight excluding hydrogens is 316 g/mol. The van der Waals surface area contributed by atoms with Crippen LogP contribution in [0.2, 0.25) is 0 Å². The molecule has 0 amide bonds. The van der Waals surface area contributed by atoms with Gasteiger partial charge in [-0.3, -0.25) is 0 Å². The third kappa shape index (κ3) is 2.97. The number of hydrogen-bond donors (Lipinski definition) is 1. The van der Waals surface area contributed by atoms with E-state index in [0.29, 0.717) is 18.0 Å². The minimum absolute atomic E-state index is 0.0189. The van der Waals surface area contributed by atoms with Crippen molar-refractivity contribution in [2.75, 3.05) is 27.2 Å². The Morgan fingerprint density at radius 2 is 2.17 bits per heavy atom. The van der Waals surface area contributed by atoms with Gasteiger partial charge in [-0.05, 0) is 25.1 Å². The van der Waals surface area contributed by atoms with E-state index in [1.165, 1.54) is 21.4 Å². The lowest BCUT2D eigenvalue weighted by molar-refractivity contribution is 0.387. The fourth-order valence-electron chi connectivity index (χ4n) is 2.70. The molecule has 0 aliphatic carbocycles. The third-order valence-electron chi connectivity index (χ3n) is 4.12. The Hall–Kier alpha value is -1.90. The smallest absolute Gasteiger partial charge is 0.246 e. The quantitative estimate of drug-likeness (QED) is 0.876. The summed E-state index contributed by atoms with van der Waals surface area (Å²) in [4.78, 5) is 0.179. The Labute approximate surface area is 135 Å². The summed E-state index contributed by atoms with van der Waals surface area (Å²) in [5, 5.41) is 7.36. The maximum atomic E-state index is 12.7. The fourth-order valence-corrected chi connectivity index (χ4v) is 4.02. The molecule has 1 unspecified atom stereocenters. The molecule has 0 bridgehead atoms. The molecule has 1 atom stereocenters. The molecule has 7 nitrogen and oxygen atoms in total. The summed E-state index contributed by atoms with van der Waals surface area (Å²) < 4.78 is 33.7. The SMILES string of the molecule is COc1ccccc1-n1cc(S(=O)(=O)N(C)C2CCNC2)cn1. The zero-order valence-electron chi connectivity index (χ0n) is 13.1. The van der Waals surface area contributed by atoms with Gasteiger partial charge in [-0.15, -0.1) is 0 Å². The highest BCUT2D eigenvalue weighted by atomic mass is 32.2. The first-order valence-electron chi connectivity index (χ1n) is 7.41. The predicted octanol–water partition coefficient (Wildman–Crippen LogP) is 0.863. The number of aromatic nitrogens is 2. The number of methoxy groups -OCH3 is 1. The Morgan fingerprint density at radius 1 is 1.39 bits per heavy atom. The number of hydrogen-bond acceptors (Lipinski definition) is 5. The summed E-state index contributed by atoms with van der Waals surface area (Å²) in [6.45, 7) is 1.52. The van der Waals surface area contributed by atoms with Crippen LogP contribution in [0.5, 0.6) is 5.75 Å². The standard InChI is InChI=1S/C15H20N4O3S/c1-18(12-7-8-16-9-12)23(20,21)13-10-17-19(11-13)14-5-3-4-6-15(14)22-2/h3-6,10-12,16H,7-9H2,1-2H3. The molecule has 23 heavy (non-hydrogen) atoms. The van der Waals surface area contributed by atoms with Gasteiger partial charge in [-0.2, -0.15) is 9.40 Å². The highest BCUT2D eigenvalue weighted by molar-refractivity contribution is 7.89. The number of likely N-dealkylation sites (N-methyl/N-ethyl adjacent to an activating group) is 1. The number of benzene rings is 1. The number of nitrogens with one attached hydrogen (secondary N) is 1. The van der Waals surface area contributed by atoms with E-state index in [1.54, 1.807) is 14.2 Å². The third-order valence-corrected chi connectivity index (χ3v) is 5.98. The van der Waals surface area contributed by atoms with Crippen molar-refractivity contribution < 1.29 is 13.2 Å². The van der Waals surface area contributed by atoms with E-state index in [4.69, 9.17) is 4.74 Å². The minimum atomic E-state index is -3.56. The summed E-state index contributed by atoms with van der Waals surface area (Å²) in [7, 11) is -0.371. The monoisotopic (exact) mass is 336 g/mol. The summed E-state index contributed by atoms with van der Waals surface area (Å²) in [6.07, 6.45) is 3.71. The van der Waals surface area contributed by atoms with Crippen LogP contribution in [-0.2, 0) is 10.0 Å². The van der Waals surface area contributed by atoms with Crippen molar-refractivity contribution in [3.63, 3.8) is 0 Å². The molecule has 3 rings (SSSR count). The number of para-hydroxylation sites is 2. The largest absolute Gasteiger partial charge is 0.494 e. The summed E-state index contributed by atoms with van der Waals surface area (Å²) in [5.41, 5.74) is 0.696. The van der Waals surface area contributed by atoms with Crippen molar-refractivity contribution in [2.24, 2.45) is 0 Å². The van der Waals surface area contributed by atoms with Gasteiger partial charge in [0.2, 0.25) is 10.0 Å². The first kappa shape index (κ1) is 16.0. The Morgan fingerprint density at radius 3 is 2.87 bits per heavy atom. The number of nitrogens with zero attached hydrogens (tertiary/aromatic N) is 3. The van der Waals surface area contributed by atoms with Crippen LogP contribution < -0.4 is 10.1 Å². The van der Waals surface area contributed by atoms with Gasteiger partial charge in [0.05, 0.1) is 19.5 Å². The van der Waals surface area contributed by atoms with Gasteiger partial charge in [-0.25, -0.2) is 13.1 Å². The first-order chi connectivity index (χ1) is 11.0. The number of ether oxygens (including phenoxy) is 1. The number of rotatable bonds is 5. The van der Waals surface area contributed by atoms with Crippen molar-refractivity contribution in [1.82, 2.24) is 19.4 Å². The van der Waals surface area contributed by atoms with E-state index in [9.17, 15) is 8.42 Å². The van der Waals surface area contributed by atoms with Crippen molar-refractivity contribution >= 4 is 10.0 Å². The molecule has 1 fully saturated rings. The highest BCUT2D eigenvalue weighted by Gasteiger charge is 2.31. The predicted molar refractivity (Wildman–Crippen MR) is 86.3 cm³/mol. The van der Waals surface area contributed by atoms with Gasteiger partial charge in [0.1, 0.15) is 16.3 Å². The van der Waals surface area contributed by atoms with E-state index in [0.717, 1.165) is 13.0 Å². The molecule has 2 heterocycles. The average Bonchev–Trinajstić information content (AvgIpc) is 3.25. The van der Waals surface area contributed by atoms with Gasteiger partial charge >= 0.3 is 0 Å². The highest BCUT2D eigenvalue weighted by Crippen LogP contribution is 2.24. The van der Waals surface area contributed by atoms with Gasteiger partial charge in [0.15, 0.2) is 0 Å². The summed E-state index contributed by atoms with van der Waals surface area (Å²) in [6, 6.07) is 7.32. The zero-order valence-corrected chi connectivity index (χ0v) is 14.0. The molecule has 1 aliphatic heterocycles. The molecule has 0 saturated carbocycles. The topological polar surface area (TPSA) is 76.5 Å². The number of sulfonamides is 1. The molecule has 0 spiro atoms. The molecule has 2 aromatic rings. The van der Waals surface area contributed by atoms with Crippen molar-refractivity contribution in [1.29, 1.82) is 0 Å². The van der Waals surface area contributed by atoms with E-state index >= 15 is 0 Å². The molecule has 1 aromatic carbocycles. The fraction of sp³-hybridized carbons (Fsp3) is 0.400. The van der Waals surface area contributed by atoms with Crippen LogP contribution in [-0.4, -0.2) is 55.8 Å². The van der Waals surface area contributed by atoms with Gasteiger partial charge < -0.3 is 10.1 Å². The van der Waals surface area contributed by atoms with Crippen LogP contribution in [0.4, 0.5) is 0 Å². The zero-order chi connectivity index (χ0) is 16.4. The van der Waals surface area contributed by atoms with Crippen LogP contribution in [0.15, 0.2) is 41.6 Å². The van der Waals surface area contributed by atoms with Crippen LogP contribution >= 0.6 is 0 Å². The molecule has 8 heteroatoms. The van der Waals surface area contributed by atoms with Crippen molar-refractivity contribution in [3.8, 4) is 11.4 Å². The lowest BCUT2D eigenvalue weighted by Crippen LogP contribution is -2.38. The van der Waals surface area contributed by atoms with Crippen LogP contribution in [0, 0.1) is 0 Å². The van der Waals surface area contributed by atoms with E-state index < -0.39 is 10.0 Å². The second kappa shape index (κ2) is 6.31.